The largest absolute Gasteiger partial charge is 0.303 e. The van der Waals surface area contributed by atoms with Gasteiger partial charge in [-0.05, 0) is 33.8 Å². The summed E-state index contributed by atoms with van der Waals surface area (Å²) in [6.45, 7) is 8.11. The molecular weight excluding hydrogens is 259 g/mol. The summed E-state index contributed by atoms with van der Waals surface area (Å²) in [5, 5.41) is 4.51. The molecule has 0 fully saturated rings. The van der Waals surface area contributed by atoms with Crippen LogP contribution >= 0.6 is 11.3 Å². The molecule has 0 spiro atoms. The number of halogens is 1. The fraction of sp³-hybridized carbons (Fsp3) is 0.400. The SMILES string of the molecule is Cc1nc(C)c(C(C)NC(C)c2ccccc2F)s1. The maximum atomic E-state index is 13.7. The van der Waals surface area contributed by atoms with Crippen LogP contribution < -0.4 is 5.32 Å². The molecule has 0 radical (unpaired) electrons. The van der Waals surface area contributed by atoms with Crippen molar-refractivity contribution in [3.63, 3.8) is 0 Å². The number of rotatable bonds is 4. The van der Waals surface area contributed by atoms with Gasteiger partial charge in [0.25, 0.3) is 0 Å². The van der Waals surface area contributed by atoms with E-state index in [2.05, 4.69) is 17.2 Å². The Kier molecular flexibility index (Phi) is 4.32. The minimum atomic E-state index is -0.160. The third-order valence-corrected chi connectivity index (χ3v) is 4.46. The Morgan fingerprint density at radius 3 is 2.42 bits per heavy atom. The van der Waals surface area contributed by atoms with E-state index in [4.69, 9.17) is 0 Å². The van der Waals surface area contributed by atoms with E-state index in [9.17, 15) is 4.39 Å². The van der Waals surface area contributed by atoms with E-state index in [0.717, 1.165) is 10.7 Å². The number of nitrogens with zero attached hydrogens (tertiary/aromatic N) is 1. The lowest BCUT2D eigenvalue weighted by molar-refractivity contribution is 0.476. The minimum absolute atomic E-state index is 0.0296. The molecule has 0 saturated heterocycles. The molecular formula is C15H19FN2S. The Hall–Kier alpha value is -1.26. The van der Waals surface area contributed by atoms with Gasteiger partial charge in [-0.15, -0.1) is 11.3 Å². The van der Waals surface area contributed by atoms with Crippen LogP contribution in [-0.2, 0) is 0 Å². The summed E-state index contributed by atoms with van der Waals surface area (Å²) >= 11 is 1.70. The summed E-state index contributed by atoms with van der Waals surface area (Å²) in [6.07, 6.45) is 0. The van der Waals surface area contributed by atoms with Gasteiger partial charge in [-0.25, -0.2) is 9.37 Å². The normalized spacial score (nSPS) is 14.4. The van der Waals surface area contributed by atoms with Crippen molar-refractivity contribution in [1.29, 1.82) is 0 Å². The number of hydrogen-bond acceptors (Lipinski definition) is 3. The van der Waals surface area contributed by atoms with Gasteiger partial charge in [0.2, 0.25) is 0 Å². The van der Waals surface area contributed by atoms with Crippen LogP contribution in [0.2, 0.25) is 0 Å². The molecule has 0 bridgehead atoms. The standard InChI is InChI=1S/C15H19FN2S/c1-9(13-7-5-6-8-14(13)16)17-10(2)15-11(3)18-12(4)19-15/h5-10,17H,1-4H3. The Bertz CT molecular complexity index is 565. The predicted octanol–water partition coefficient (Wildman–Crippen LogP) is 4.31. The molecule has 4 heteroatoms. The zero-order valence-electron chi connectivity index (χ0n) is 11.7. The van der Waals surface area contributed by atoms with Gasteiger partial charge in [0, 0.05) is 22.5 Å². The number of benzene rings is 1. The zero-order valence-corrected chi connectivity index (χ0v) is 12.5. The maximum absolute atomic E-state index is 13.7. The third-order valence-electron chi connectivity index (χ3n) is 3.20. The van der Waals surface area contributed by atoms with Crippen LogP contribution in [-0.4, -0.2) is 4.98 Å². The van der Waals surface area contributed by atoms with Gasteiger partial charge in [0.1, 0.15) is 5.82 Å². The van der Waals surface area contributed by atoms with Crippen LogP contribution in [0.1, 0.15) is 47.1 Å². The topological polar surface area (TPSA) is 24.9 Å². The van der Waals surface area contributed by atoms with Crippen molar-refractivity contribution in [3.8, 4) is 0 Å². The van der Waals surface area contributed by atoms with Crippen molar-refractivity contribution < 1.29 is 4.39 Å². The average Bonchev–Trinajstić information content (AvgIpc) is 2.69. The van der Waals surface area contributed by atoms with Gasteiger partial charge < -0.3 is 5.32 Å². The Morgan fingerprint density at radius 1 is 1.16 bits per heavy atom. The molecule has 0 aliphatic rings. The summed E-state index contributed by atoms with van der Waals surface area (Å²) in [6, 6.07) is 7.04. The van der Waals surface area contributed by atoms with E-state index in [1.54, 1.807) is 17.4 Å². The van der Waals surface area contributed by atoms with Gasteiger partial charge in [-0.3, -0.25) is 0 Å². The number of aryl methyl sites for hydroxylation is 2. The Labute approximate surface area is 117 Å². The van der Waals surface area contributed by atoms with Gasteiger partial charge in [-0.2, -0.15) is 0 Å². The smallest absolute Gasteiger partial charge is 0.127 e. The molecule has 2 atom stereocenters. The first kappa shape index (κ1) is 14.2. The van der Waals surface area contributed by atoms with E-state index in [-0.39, 0.29) is 17.9 Å². The second-order valence-electron chi connectivity index (χ2n) is 4.81. The number of aromatic nitrogens is 1. The molecule has 1 aromatic heterocycles. The molecule has 102 valence electrons. The molecule has 0 aliphatic carbocycles. The zero-order chi connectivity index (χ0) is 14.0. The van der Waals surface area contributed by atoms with Crippen LogP contribution in [0.15, 0.2) is 24.3 Å². The van der Waals surface area contributed by atoms with Crippen LogP contribution in [0, 0.1) is 19.7 Å². The average molecular weight is 278 g/mol. The van der Waals surface area contributed by atoms with Crippen molar-refractivity contribution in [3.05, 3.63) is 51.2 Å². The van der Waals surface area contributed by atoms with Crippen LogP contribution in [0.25, 0.3) is 0 Å². The summed E-state index contributed by atoms with van der Waals surface area (Å²) in [5.74, 6) is -0.160. The van der Waals surface area contributed by atoms with Crippen molar-refractivity contribution in [2.45, 2.75) is 39.8 Å². The van der Waals surface area contributed by atoms with Gasteiger partial charge >= 0.3 is 0 Å². The summed E-state index contributed by atoms with van der Waals surface area (Å²) in [4.78, 5) is 5.66. The molecule has 0 amide bonds. The molecule has 2 nitrogen and oxygen atoms in total. The van der Waals surface area contributed by atoms with E-state index >= 15 is 0 Å². The molecule has 1 aromatic carbocycles. The number of hydrogen-bond donors (Lipinski definition) is 1. The molecule has 1 N–H and O–H groups in total. The lowest BCUT2D eigenvalue weighted by Crippen LogP contribution is -2.23. The van der Waals surface area contributed by atoms with Gasteiger partial charge in [0.05, 0.1) is 10.7 Å². The lowest BCUT2D eigenvalue weighted by Gasteiger charge is -2.20. The van der Waals surface area contributed by atoms with Crippen molar-refractivity contribution in [2.75, 3.05) is 0 Å². The minimum Gasteiger partial charge on any atom is -0.303 e. The van der Waals surface area contributed by atoms with Crippen LogP contribution in [0.3, 0.4) is 0 Å². The summed E-state index contributed by atoms with van der Waals surface area (Å²) < 4.78 is 13.7. The van der Waals surface area contributed by atoms with E-state index in [0.29, 0.717) is 5.56 Å². The molecule has 0 aliphatic heterocycles. The van der Waals surface area contributed by atoms with E-state index < -0.39 is 0 Å². The molecule has 0 saturated carbocycles. The monoisotopic (exact) mass is 278 g/mol. The third kappa shape index (κ3) is 3.19. The molecule has 2 unspecified atom stereocenters. The first-order chi connectivity index (χ1) is 8.99. The maximum Gasteiger partial charge on any atom is 0.127 e. The fourth-order valence-electron chi connectivity index (χ4n) is 2.32. The van der Waals surface area contributed by atoms with Crippen molar-refractivity contribution >= 4 is 11.3 Å². The number of thiazole rings is 1. The summed E-state index contributed by atoms with van der Waals surface area (Å²) in [5.41, 5.74) is 1.76. The van der Waals surface area contributed by atoms with E-state index in [1.807, 2.05) is 32.9 Å². The first-order valence-electron chi connectivity index (χ1n) is 6.43. The quantitative estimate of drug-likeness (QED) is 0.901. The second-order valence-corrected chi connectivity index (χ2v) is 6.05. The highest BCUT2D eigenvalue weighted by atomic mass is 32.1. The summed E-state index contributed by atoms with van der Waals surface area (Å²) in [7, 11) is 0. The van der Waals surface area contributed by atoms with Crippen molar-refractivity contribution in [1.82, 2.24) is 10.3 Å². The number of nitrogens with one attached hydrogen (secondary N) is 1. The highest BCUT2D eigenvalue weighted by Gasteiger charge is 2.17. The van der Waals surface area contributed by atoms with Crippen molar-refractivity contribution in [2.24, 2.45) is 0 Å². The van der Waals surface area contributed by atoms with E-state index in [1.165, 1.54) is 10.9 Å². The predicted molar refractivity (Wildman–Crippen MR) is 78.0 cm³/mol. The second kappa shape index (κ2) is 5.80. The highest BCUT2D eigenvalue weighted by molar-refractivity contribution is 7.11. The Balaban J connectivity index is 2.13. The molecule has 19 heavy (non-hydrogen) atoms. The van der Waals surface area contributed by atoms with Gasteiger partial charge in [0.15, 0.2) is 0 Å². The molecule has 2 aromatic rings. The highest BCUT2D eigenvalue weighted by Crippen LogP contribution is 2.27. The molecule has 2 rings (SSSR count). The molecule has 1 heterocycles. The lowest BCUT2D eigenvalue weighted by atomic mass is 10.1. The first-order valence-corrected chi connectivity index (χ1v) is 7.25. The van der Waals surface area contributed by atoms with Crippen LogP contribution in [0.5, 0.6) is 0 Å². The Morgan fingerprint density at radius 2 is 1.84 bits per heavy atom. The van der Waals surface area contributed by atoms with Gasteiger partial charge in [-0.1, -0.05) is 18.2 Å². The van der Waals surface area contributed by atoms with Crippen LogP contribution in [0.4, 0.5) is 4.39 Å². The fourth-order valence-corrected chi connectivity index (χ4v) is 3.25.